The van der Waals surface area contributed by atoms with Gasteiger partial charge in [0.25, 0.3) is 0 Å². The molecule has 1 fully saturated rings. The highest BCUT2D eigenvalue weighted by Crippen LogP contribution is 2.34. The van der Waals surface area contributed by atoms with Crippen LogP contribution in [-0.2, 0) is 0 Å². The Kier molecular flexibility index (Phi) is 3.74. The standard InChI is InChI=1S/C16H21N3O/c17-14-10-18-15-6-2-1-5-13(15)16(14)19-8-3-4-12(11-19)7-9-20/h1-2,5-6,10,12,20H,3-4,7-9,11,17H2. The van der Waals surface area contributed by atoms with Crippen molar-refractivity contribution in [3.63, 3.8) is 0 Å². The quantitative estimate of drug-likeness (QED) is 0.900. The molecule has 1 aliphatic rings. The average molecular weight is 271 g/mol. The lowest BCUT2D eigenvalue weighted by Gasteiger charge is -2.35. The fraction of sp³-hybridized carbons (Fsp3) is 0.438. The minimum absolute atomic E-state index is 0.269. The fourth-order valence-electron chi connectivity index (χ4n) is 3.18. The van der Waals surface area contributed by atoms with Crippen LogP contribution in [0.4, 0.5) is 11.4 Å². The van der Waals surface area contributed by atoms with Crippen molar-refractivity contribution in [2.24, 2.45) is 5.92 Å². The zero-order chi connectivity index (χ0) is 13.9. The maximum atomic E-state index is 9.15. The van der Waals surface area contributed by atoms with Gasteiger partial charge in [-0.1, -0.05) is 18.2 Å². The number of fused-ring (bicyclic) bond motifs is 1. The summed E-state index contributed by atoms with van der Waals surface area (Å²) in [5.41, 5.74) is 9.02. The van der Waals surface area contributed by atoms with Crippen LogP contribution in [0, 0.1) is 5.92 Å². The van der Waals surface area contributed by atoms with Crippen molar-refractivity contribution in [3.8, 4) is 0 Å². The molecule has 4 heteroatoms. The van der Waals surface area contributed by atoms with Crippen LogP contribution in [0.2, 0.25) is 0 Å². The van der Waals surface area contributed by atoms with E-state index in [-0.39, 0.29) is 6.61 Å². The molecule has 2 aromatic rings. The Morgan fingerprint density at radius 1 is 1.35 bits per heavy atom. The molecule has 3 rings (SSSR count). The number of piperidine rings is 1. The molecule has 0 bridgehead atoms. The topological polar surface area (TPSA) is 62.4 Å². The van der Waals surface area contributed by atoms with Crippen LogP contribution < -0.4 is 10.6 Å². The molecule has 0 amide bonds. The van der Waals surface area contributed by atoms with E-state index < -0.39 is 0 Å². The smallest absolute Gasteiger partial charge is 0.0745 e. The molecule has 0 aliphatic carbocycles. The Morgan fingerprint density at radius 2 is 2.20 bits per heavy atom. The van der Waals surface area contributed by atoms with Gasteiger partial charge in [0, 0.05) is 25.1 Å². The number of nitrogen functional groups attached to an aromatic ring is 1. The van der Waals surface area contributed by atoms with Crippen molar-refractivity contribution >= 4 is 22.3 Å². The summed E-state index contributed by atoms with van der Waals surface area (Å²) in [5, 5.41) is 10.3. The Labute approximate surface area is 119 Å². The van der Waals surface area contributed by atoms with Crippen molar-refractivity contribution in [3.05, 3.63) is 30.5 Å². The van der Waals surface area contributed by atoms with E-state index >= 15 is 0 Å². The number of rotatable bonds is 3. The molecule has 3 N–H and O–H groups in total. The molecular formula is C16H21N3O. The number of benzene rings is 1. The van der Waals surface area contributed by atoms with Gasteiger partial charge < -0.3 is 15.7 Å². The number of pyridine rings is 1. The highest BCUT2D eigenvalue weighted by molar-refractivity contribution is 5.97. The van der Waals surface area contributed by atoms with E-state index in [9.17, 15) is 0 Å². The number of nitrogens with two attached hydrogens (primary N) is 1. The van der Waals surface area contributed by atoms with Crippen LogP contribution in [-0.4, -0.2) is 29.8 Å². The molecule has 2 heterocycles. The third-order valence-corrected chi connectivity index (χ3v) is 4.15. The molecule has 20 heavy (non-hydrogen) atoms. The minimum atomic E-state index is 0.269. The Hall–Kier alpha value is -1.81. The van der Waals surface area contributed by atoms with E-state index in [0.717, 1.165) is 48.2 Å². The van der Waals surface area contributed by atoms with E-state index in [0.29, 0.717) is 5.92 Å². The molecule has 0 spiro atoms. The predicted octanol–water partition coefficient (Wildman–Crippen LogP) is 2.42. The highest BCUT2D eigenvalue weighted by atomic mass is 16.3. The first-order chi connectivity index (χ1) is 9.79. The molecule has 0 saturated carbocycles. The Balaban J connectivity index is 1.98. The van der Waals surface area contributed by atoms with E-state index in [1.807, 2.05) is 18.2 Å². The van der Waals surface area contributed by atoms with E-state index in [1.54, 1.807) is 6.20 Å². The van der Waals surface area contributed by atoms with Gasteiger partial charge in [-0.3, -0.25) is 4.98 Å². The first-order valence-electron chi connectivity index (χ1n) is 7.28. The van der Waals surface area contributed by atoms with Crippen LogP contribution in [0.25, 0.3) is 10.9 Å². The summed E-state index contributed by atoms with van der Waals surface area (Å²) in [5.74, 6) is 0.556. The van der Waals surface area contributed by atoms with E-state index in [2.05, 4.69) is 16.0 Å². The van der Waals surface area contributed by atoms with Gasteiger partial charge in [0.1, 0.15) is 0 Å². The minimum Gasteiger partial charge on any atom is -0.396 e. The predicted molar refractivity (Wildman–Crippen MR) is 82.8 cm³/mol. The maximum absolute atomic E-state index is 9.15. The summed E-state index contributed by atoms with van der Waals surface area (Å²) < 4.78 is 0. The second-order valence-electron chi connectivity index (χ2n) is 5.55. The van der Waals surface area contributed by atoms with Crippen LogP contribution >= 0.6 is 0 Å². The van der Waals surface area contributed by atoms with Crippen molar-refractivity contribution in [1.82, 2.24) is 4.98 Å². The van der Waals surface area contributed by atoms with E-state index in [1.165, 1.54) is 6.42 Å². The van der Waals surface area contributed by atoms with Crippen LogP contribution in [0.1, 0.15) is 19.3 Å². The third-order valence-electron chi connectivity index (χ3n) is 4.15. The molecule has 0 radical (unpaired) electrons. The lowest BCUT2D eigenvalue weighted by molar-refractivity contribution is 0.244. The SMILES string of the molecule is Nc1cnc2ccccc2c1N1CCCC(CCO)C1. The monoisotopic (exact) mass is 271 g/mol. The molecule has 1 unspecified atom stereocenters. The largest absolute Gasteiger partial charge is 0.396 e. The van der Waals surface area contributed by atoms with Crippen molar-refractivity contribution < 1.29 is 5.11 Å². The molecule has 1 aromatic heterocycles. The Bertz CT molecular complexity index is 597. The fourth-order valence-corrected chi connectivity index (χ4v) is 3.18. The molecule has 4 nitrogen and oxygen atoms in total. The number of nitrogens with zero attached hydrogens (tertiary/aromatic N) is 2. The number of anilines is 2. The summed E-state index contributed by atoms with van der Waals surface area (Å²) in [6.45, 7) is 2.27. The molecule has 1 aromatic carbocycles. The molecule has 1 atom stereocenters. The maximum Gasteiger partial charge on any atom is 0.0745 e. The number of para-hydroxylation sites is 1. The Morgan fingerprint density at radius 3 is 3.05 bits per heavy atom. The normalized spacial score (nSPS) is 19.4. The van der Waals surface area contributed by atoms with Gasteiger partial charge in [-0.05, 0) is 31.2 Å². The number of hydrogen-bond acceptors (Lipinski definition) is 4. The summed E-state index contributed by atoms with van der Waals surface area (Å²) in [6.07, 6.45) is 4.98. The second kappa shape index (κ2) is 5.67. The average Bonchev–Trinajstić information content (AvgIpc) is 2.48. The highest BCUT2D eigenvalue weighted by Gasteiger charge is 2.22. The second-order valence-corrected chi connectivity index (χ2v) is 5.55. The molecule has 1 saturated heterocycles. The van der Waals surface area contributed by atoms with Gasteiger partial charge in [0.05, 0.1) is 23.1 Å². The van der Waals surface area contributed by atoms with Crippen molar-refractivity contribution in [2.45, 2.75) is 19.3 Å². The van der Waals surface area contributed by atoms with Gasteiger partial charge in [-0.15, -0.1) is 0 Å². The lowest BCUT2D eigenvalue weighted by atomic mass is 9.94. The van der Waals surface area contributed by atoms with Crippen molar-refractivity contribution in [1.29, 1.82) is 0 Å². The first-order valence-corrected chi connectivity index (χ1v) is 7.28. The van der Waals surface area contributed by atoms with Crippen molar-refractivity contribution in [2.75, 3.05) is 30.3 Å². The number of hydrogen-bond donors (Lipinski definition) is 2. The zero-order valence-corrected chi connectivity index (χ0v) is 11.6. The number of aliphatic hydroxyl groups excluding tert-OH is 1. The van der Waals surface area contributed by atoms with Gasteiger partial charge in [-0.25, -0.2) is 0 Å². The summed E-state index contributed by atoms with van der Waals surface area (Å²) in [4.78, 5) is 6.76. The first kappa shape index (κ1) is 13.2. The summed E-state index contributed by atoms with van der Waals surface area (Å²) in [6, 6.07) is 8.14. The van der Waals surface area contributed by atoms with Crippen LogP contribution in [0.5, 0.6) is 0 Å². The van der Waals surface area contributed by atoms with Crippen LogP contribution in [0.15, 0.2) is 30.5 Å². The summed E-state index contributed by atoms with van der Waals surface area (Å²) >= 11 is 0. The zero-order valence-electron chi connectivity index (χ0n) is 11.6. The number of aromatic nitrogens is 1. The van der Waals surface area contributed by atoms with Gasteiger partial charge in [-0.2, -0.15) is 0 Å². The van der Waals surface area contributed by atoms with Gasteiger partial charge in [0.2, 0.25) is 0 Å². The van der Waals surface area contributed by atoms with Gasteiger partial charge in [0.15, 0.2) is 0 Å². The molecular weight excluding hydrogens is 250 g/mol. The number of aliphatic hydroxyl groups is 1. The van der Waals surface area contributed by atoms with Gasteiger partial charge >= 0.3 is 0 Å². The summed E-state index contributed by atoms with van der Waals surface area (Å²) in [7, 11) is 0. The van der Waals surface area contributed by atoms with E-state index in [4.69, 9.17) is 10.8 Å². The van der Waals surface area contributed by atoms with Crippen LogP contribution in [0.3, 0.4) is 0 Å². The molecule has 106 valence electrons. The molecule has 1 aliphatic heterocycles. The lowest BCUT2D eigenvalue weighted by Crippen LogP contribution is -2.36. The third kappa shape index (κ3) is 2.43.